The molecule has 0 saturated carbocycles. The number of halogens is 3. The zero-order valence-electron chi connectivity index (χ0n) is 7.73. The monoisotopic (exact) mass is 218 g/mol. The Kier molecular flexibility index (Phi) is 5.00. The molecular formula is C7H14F3O2P. The van der Waals surface area contributed by atoms with E-state index in [1.54, 1.807) is 0 Å². The van der Waals surface area contributed by atoms with Gasteiger partial charge in [0.15, 0.2) is 7.37 Å². The van der Waals surface area contributed by atoms with Crippen molar-refractivity contribution in [3.63, 3.8) is 0 Å². The van der Waals surface area contributed by atoms with Crippen LogP contribution in [0.3, 0.4) is 0 Å². The number of hydrogen-bond acceptors (Lipinski definition) is 2. The van der Waals surface area contributed by atoms with Gasteiger partial charge in [0.2, 0.25) is 0 Å². The highest BCUT2D eigenvalue weighted by molar-refractivity contribution is 7.58. The van der Waals surface area contributed by atoms with Crippen LogP contribution in [-0.2, 0) is 9.09 Å². The third-order valence-electron chi connectivity index (χ3n) is 1.42. The van der Waals surface area contributed by atoms with E-state index < -0.39 is 20.2 Å². The molecule has 0 aliphatic carbocycles. The summed E-state index contributed by atoms with van der Waals surface area (Å²) in [6.07, 6.45) is -2.74. The van der Waals surface area contributed by atoms with Crippen LogP contribution < -0.4 is 0 Å². The average molecular weight is 218 g/mol. The molecule has 0 rings (SSSR count). The summed E-state index contributed by atoms with van der Waals surface area (Å²) in [6, 6.07) is 0. The molecule has 0 N–H and O–H groups in total. The van der Waals surface area contributed by atoms with Gasteiger partial charge >= 0.3 is 6.18 Å². The van der Waals surface area contributed by atoms with Gasteiger partial charge in [0.25, 0.3) is 0 Å². The summed E-state index contributed by atoms with van der Waals surface area (Å²) >= 11 is 0. The van der Waals surface area contributed by atoms with Gasteiger partial charge in [0.1, 0.15) is 6.61 Å². The maximum atomic E-state index is 11.7. The van der Waals surface area contributed by atoms with E-state index in [0.29, 0.717) is 6.42 Å². The molecule has 0 heterocycles. The third-order valence-corrected chi connectivity index (χ3v) is 3.22. The van der Waals surface area contributed by atoms with Crippen molar-refractivity contribution in [3.05, 3.63) is 0 Å². The molecule has 1 atom stereocenters. The Labute approximate surface area is 75.9 Å². The SMILES string of the molecule is CCCCP(C)(=O)OCC(F)(F)F. The van der Waals surface area contributed by atoms with E-state index in [-0.39, 0.29) is 6.16 Å². The van der Waals surface area contributed by atoms with Gasteiger partial charge in [-0.3, -0.25) is 4.57 Å². The summed E-state index contributed by atoms with van der Waals surface area (Å²) in [4.78, 5) is 0. The summed E-state index contributed by atoms with van der Waals surface area (Å²) in [7, 11) is -3.03. The smallest absolute Gasteiger partial charge is 0.319 e. The zero-order chi connectivity index (χ0) is 10.5. The number of hydrogen-bond donors (Lipinski definition) is 0. The van der Waals surface area contributed by atoms with Crippen molar-refractivity contribution in [1.29, 1.82) is 0 Å². The minimum Gasteiger partial charge on any atom is -0.319 e. The lowest BCUT2D eigenvalue weighted by Crippen LogP contribution is -2.16. The van der Waals surface area contributed by atoms with E-state index >= 15 is 0 Å². The molecule has 0 aromatic rings. The molecule has 0 aromatic heterocycles. The molecular weight excluding hydrogens is 204 g/mol. The fourth-order valence-electron chi connectivity index (χ4n) is 0.720. The van der Waals surface area contributed by atoms with E-state index in [2.05, 4.69) is 4.52 Å². The normalized spacial score (nSPS) is 17.0. The molecule has 0 aliphatic rings. The van der Waals surface area contributed by atoms with E-state index in [4.69, 9.17) is 0 Å². The van der Waals surface area contributed by atoms with Crippen molar-refractivity contribution < 1.29 is 22.3 Å². The first-order valence-electron chi connectivity index (χ1n) is 4.04. The van der Waals surface area contributed by atoms with E-state index in [0.717, 1.165) is 6.42 Å². The highest BCUT2D eigenvalue weighted by Gasteiger charge is 2.31. The predicted molar refractivity (Wildman–Crippen MR) is 45.3 cm³/mol. The fourth-order valence-corrected chi connectivity index (χ4v) is 2.16. The van der Waals surface area contributed by atoms with Gasteiger partial charge in [0.05, 0.1) is 0 Å². The molecule has 0 bridgehead atoms. The van der Waals surface area contributed by atoms with E-state index in [1.807, 2.05) is 6.92 Å². The molecule has 0 fully saturated rings. The van der Waals surface area contributed by atoms with E-state index in [9.17, 15) is 17.7 Å². The Bertz CT molecular complexity index is 191. The van der Waals surface area contributed by atoms with Gasteiger partial charge in [-0.1, -0.05) is 13.3 Å². The zero-order valence-corrected chi connectivity index (χ0v) is 8.62. The van der Waals surface area contributed by atoms with Crippen LogP contribution >= 0.6 is 7.37 Å². The first-order chi connectivity index (χ1) is 5.77. The van der Waals surface area contributed by atoms with Gasteiger partial charge in [-0.25, -0.2) is 0 Å². The van der Waals surface area contributed by atoms with Gasteiger partial charge in [-0.15, -0.1) is 0 Å². The molecule has 1 unspecified atom stereocenters. The van der Waals surface area contributed by atoms with Crippen LogP contribution in [0.1, 0.15) is 19.8 Å². The summed E-state index contributed by atoms with van der Waals surface area (Å²) < 4.78 is 50.6. The Hall–Kier alpha value is -0.0200. The second-order valence-electron chi connectivity index (χ2n) is 2.98. The molecule has 0 aliphatic heterocycles. The Morgan fingerprint density at radius 3 is 2.31 bits per heavy atom. The molecule has 0 aromatic carbocycles. The van der Waals surface area contributed by atoms with Crippen molar-refractivity contribution in [3.8, 4) is 0 Å². The molecule has 0 spiro atoms. The molecule has 13 heavy (non-hydrogen) atoms. The Morgan fingerprint density at radius 1 is 1.38 bits per heavy atom. The lowest BCUT2D eigenvalue weighted by atomic mass is 10.4. The van der Waals surface area contributed by atoms with Crippen molar-refractivity contribution in [2.75, 3.05) is 19.4 Å². The predicted octanol–water partition coefficient (Wildman–Crippen LogP) is 3.27. The van der Waals surface area contributed by atoms with Gasteiger partial charge in [0, 0.05) is 12.8 Å². The maximum absolute atomic E-state index is 11.7. The molecule has 6 heteroatoms. The van der Waals surface area contributed by atoms with Crippen LogP contribution in [-0.4, -0.2) is 25.6 Å². The van der Waals surface area contributed by atoms with Crippen molar-refractivity contribution in [2.24, 2.45) is 0 Å². The standard InChI is InChI=1S/C7H14F3O2P/c1-3-4-5-13(2,11)12-6-7(8,9)10/h3-6H2,1-2H3. The number of alkyl halides is 3. The second-order valence-corrected chi connectivity index (χ2v) is 5.71. The van der Waals surface area contributed by atoms with Crippen LogP contribution in [0, 0.1) is 0 Å². The molecule has 80 valence electrons. The highest BCUT2D eigenvalue weighted by Crippen LogP contribution is 2.44. The molecule has 2 nitrogen and oxygen atoms in total. The number of unbranched alkanes of at least 4 members (excludes halogenated alkanes) is 1. The first-order valence-corrected chi connectivity index (χ1v) is 6.30. The first kappa shape index (κ1) is 13.0. The van der Waals surface area contributed by atoms with E-state index in [1.165, 1.54) is 6.66 Å². The highest BCUT2D eigenvalue weighted by atomic mass is 31.2. The summed E-state index contributed by atoms with van der Waals surface area (Å²) in [6.45, 7) is 1.71. The van der Waals surface area contributed by atoms with Gasteiger partial charge in [-0.05, 0) is 6.42 Å². The van der Waals surface area contributed by atoms with Crippen molar-refractivity contribution >= 4 is 7.37 Å². The minimum atomic E-state index is -4.39. The van der Waals surface area contributed by atoms with Crippen LogP contribution in [0.4, 0.5) is 13.2 Å². The van der Waals surface area contributed by atoms with Crippen LogP contribution in [0.2, 0.25) is 0 Å². The van der Waals surface area contributed by atoms with Gasteiger partial charge < -0.3 is 4.52 Å². The van der Waals surface area contributed by atoms with Crippen LogP contribution in [0.15, 0.2) is 0 Å². The van der Waals surface area contributed by atoms with Gasteiger partial charge in [-0.2, -0.15) is 13.2 Å². The summed E-state index contributed by atoms with van der Waals surface area (Å²) in [5, 5.41) is 0. The second kappa shape index (κ2) is 5.01. The van der Waals surface area contributed by atoms with Crippen LogP contribution in [0.5, 0.6) is 0 Å². The third kappa shape index (κ3) is 8.31. The molecule has 0 saturated heterocycles. The Balaban J connectivity index is 3.83. The summed E-state index contributed by atoms with van der Waals surface area (Å²) in [5.41, 5.74) is 0. The van der Waals surface area contributed by atoms with Crippen LogP contribution in [0.25, 0.3) is 0 Å². The lowest BCUT2D eigenvalue weighted by Gasteiger charge is -2.14. The number of rotatable bonds is 5. The minimum absolute atomic E-state index is 0.222. The average Bonchev–Trinajstić information content (AvgIpc) is 1.97. The topological polar surface area (TPSA) is 26.3 Å². The summed E-state index contributed by atoms with van der Waals surface area (Å²) in [5.74, 6) is 0. The lowest BCUT2D eigenvalue weighted by molar-refractivity contribution is -0.153. The van der Waals surface area contributed by atoms with Crippen molar-refractivity contribution in [2.45, 2.75) is 25.9 Å². The maximum Gasteiger partial charge on any atom is 0.412 e. The Morgan fingerprint density at radius 2 is 1.92 bits per heavy atom. The molecule has 0 radical (unpaired) electrons. The fraction of sp³-hybridized carbons (Fsp3) is 1.00. The molecule has 0 amide bonds. The largest absolute Gasteiger partial charge is 0.412 e. The quantitative estimate of drug-likeness (QED) is 0.662. The van der Waals surface area contributed by atoms with Crippen molar-refractivity contribution in [1.82, 2.24) is 0 Å².